The van der Waals surface area contributed by atoms with Gasteiger partial charge in [-0.2, -0.15) is 10.2 Å². The van der Waals surface area contributed by atoms with E-state index in [1.54, 1.807) is 6.21 Å². The van der Waals surface area contributed by atoms with Crippen molar-refractivity contribution in [2.45, 2.75) is 26.3 Å². The van der Waals surface area contributed by atoms with Gasteiger partial charge in [-0.3, -0.25) is 5.01 Å². The van der Waals surface area contributed by atoms with Crippen LogP contribution in [0.15, 0.2) is 29.2 Å². The van der Waals surface area contributed by atoms with Crippen LogP contribution in [0.5, 0.6) is 0 Å². The smallest absolute Gasteiger partial charge is 0.0975 e. The van der Waals surface area contributed by atoms with Crippen molar-refractivity contribution in [3.63, 3.8) is 0 Å². The normalized spacial score (nSPS) is 21.6. The lowest BCUT2D eigenvalue weighted by molar-refractivity contribution is -0.130. The van der Waals surface area contributed by atoms with E-state index < -0.39 is 0 Å². The summed E-state index contributed by atoms with van der Waals surface area (Å²) in [4.78, 5) is 0. The van der Waals surface area contributed by atoms with Crippen molar-refractivity contribution in [2.75, 3.05) is 7.05 Å². The number of rotatable bonds is 0. The summed E-state index contributed by atoms with van der Waals surface area (Å²) in [5, 5.41) is 10.3. The van der Waals surface area contributed by atoms with E-state index >= 15 is 0 Å². The van der Waals surface area contributed by atoms with Crippen LogP contribution in [0, 0.1) is 0 Å². The Morgan fingerprint density at radius 2 is 2.00 bits per heavy atom. The van der Waals surface area contributed by atoms with Gasteiger partial charge in [-0.15, -0.1) is 5.12 Å². The van der Waals surface area contributed by atoms with Gasteiger partial charge < -0.3 is 0 Å². The number of allylic oxidation sites excluding steroid dienone is 2. The minimum absolute atomic E-state index is 0.0719. The SMILES string of the molecule is CN1N2N=CC=CC2=CN1C(C)(C)C. The molecule has 76 valence electrons. The second-order valence-electron chi connectivity index (χ2n) is 4.47. The molecule has 2 heterocycles. The molecule has 0 spiro atoms. The quantitative estimate of drug-likeness (QED) is 0.581. The Hall–Kier alpha value is -1.29. The molecule has 0 aromatic rings. The maximum absolute atomic E-state index is 4.27. The Bertz CT molecular complexity index is 322. The molecule has 0 saturated heterocycles. The van der Waals surface area contributed by atoms with Crippen LogP contribution >= 0.6 is 0 Å². The lowest BCUT2D eigenvalue weighted by Crippen LogP contribution is -2.48. The van der Waals surface area contributed by atoms with E-state index in [1.807, 2.05) is 23.4 Å². The van der Waals surface area contributed by atoms with Gasteiger partial charge in [0.25, 0.3) is 0 Å². The maximum atomic E-state index is 4.27. The van der Waals surface area contributed by atoms with E-state index in [4.69, 9.17) is 0 Å². The van der Waals surface area contributed by atoms with Gasteiger partial charge in [-0.05, 0) is 32.9 Å². The third-order valence-corrected chi connectivity index (χ3v) is 2.29. The Morgan fingerprint density at radius 1 is 1.29 bits per heavy atom. The summed E-state index contributed by atoms with van der Waals surface area (Å²) < 4.78 is 0. The van der Waals surface area contributed by atoms with Gasteiger partial charge in [0.05, 0.1) is 5.70 Å². The molecule has 0 atom stereocenters. The van der Waals surface area contributed by atoms with E-state index in [-0.39, 0.29) is 5.54 Å². The number of nitrogens with zero attached hydrogens (tertiary/aromatic N) is 4. The van der Waals surface area contributed by atoms with E-state index in [0.717, 1.165) is 5.70 Å². The molecule has 0 amide bonds. The average molecular weight is 192 g/mol. The Kier molecular flexibility index (Phi) is 1.89. The van der Waals surface area contributed by atoms with Crippen molar-refractivity contribution >= 4 is 6.21 Å². The van der Waals surface area contributed by atoms with Crippen LogP contribution in [0.25, 0.3) is 0 Å². The highest BCUT2D eigenvalue weighted by Gasteiger charge is 2.33. The van der Waals surface area contributed by atoms with Gasteiger partial charge in [0.1, 0.15) is 0 Å². The summed E-state index contributed by atoms with van der Waals surface area (Å²) in [5.74, 6) is 0. The lowest BCUT2D eigenvalue weighted by atomic mass is 10.1. The number of hydrazone groups is 1. The molecule has 0 N–H and O–H groups in total. The summed E-state index contributed by atoms with van der Waals surface area (Å²) in [6, 6.07) is 0. The second-order valence-corrected chi connectivity index (χ2v) is 4.47. The molecule has 0 fully saturated rings. The van der Waals surface area contributed by atoms with Crippen LogP contribution in [0.4, 0.5) is 0 Å². The van der Waals surface area contributed by atoms with Gasteiger partial charge in [-0.25, -0.2) is 0 Å². The molecule has 0 aromatic carbocycles. The largest absolute Gasteiger partial charge is 0.287 e. The second kappa shape index (κ2) is 2.85. The van der Waals surface area contributed by atoms with Crippen LogP contribution in [-0.2, 0) is 0 Å². The first-order valence-electron chi connectivity index (χ1n) is 4.75. The van der Waals surface area contributed by atoms with Gasteiger partial charge in [0.15, 0.2) is 0 Å². The fourth-order valence-corrected chi connectivity index (χ4v) is 1.64. The first kappa shape index (κ1) is 9.27. The van der Waals surface area contributed by atoms with Crippen molar-refractivity contribution in [1.82, 2.24) is 15.2 Å². The maximum Gasteiger partial charge on any atom is 0.0975 e. The molecule has 0 radical (unpaired) electrons. The minimum atomic E-state index is 0.0719. The zero-order chi connectivity index (χ0) is 10.3. The fourth-order valence-electron chi connectivity index (χ4n) is 1.64. The highest BCUT2D eigenvalue weighted by atomic mass is 16.0. The minimum Gasteiger partial charge on any atom is -0.287 e. The zero-order valence-electron chi connectivity index (χ0n) is 9.10. The fraction of sp³-hybridized carbons (Fsp3) is 0.500. The predicted octanol–water partition coefficient (Wildman–Crippen LogP) is 1.56. The molecule has 0 saturated carbocycles. The lowest BCUT2D eigenvalue weighted by Gasteiger charge is -2.38. The van der Waals surface area contributed by atoms with Gasteiger partial charge in [0.2, 0.25) is 0 Å². The molecule has 0 unspecified atom stereocenters. The first-order valence-corrected chi connectivity index (χ1v) is 4.75. The van der Waals surface area contributed by atoms with Gasteiger partial charge in [0, 0.05) is 25.0 Å². The monoisotopic (exact) mass is 192 g/mol. The molecule has 2 aliphatic rings. The van der Waals surface area contributed by atoms with Crippen molar-refractivity contribution < 1.29 is 0 Å². The molecule has 0 bridgehead atoms. The van der Waals surface area contributed by atoms with Crippen molar-refractivity contribution in [1.29, 1.82) is 0 Å². The highest BCUT2D eigenvalue weighted by molar-refractivity contribution is 5.73. The molecule has 14 heavy (non-hydrogen) atoms. The third kappa shape index (κ3) is 1.32. The van der Waals surface area contributed by atoms with E-state index in [2.05, 4.69) is 43.2 Å². The van der Waals surface area contributed by atoms with Crippen LogP contribution in [0.1, 0.15) is 20.8 Å². The van der Waals surface area contributed by atoms with Gasteiger partial charge >= 0.3 is 0 Å². The third-order valence-electron chi connectivity index (χ3n) is 2.29. The molecule has 4 nitrogen and oxygen atoms in total. The highest BCUT2D eigenvalue weighted by Crippen LogP contribution is 2.28. The molecular formula is C10H16N4. The first-order chi connectivity index (χ1) is 6.50. The Morgan fingerprint density at radius 3 is 2.57 bits per heavy atom. The molecule has 2 rings (SSSR count). The predicted molar refractivity (Wildman–Crippen MR) is 56.9 cm³/mol. The van der Waals surface area contributed by atoms with Gasteiger partial charge in [-0.1, -0.05) is 0 Å². The molecule has 2 aliphatic heterocycles. The summed E-state index contributed by atoms with van der Waals surface area (Å²) in [6.07, 6.45) is 7.89. The Labute approximate surface area is 84.7 Å². The number of hydrogen-bond donors (Lipinski definition) is 0. The van der Waals surface area contributed by atoms with Crippen LogP contribution < -0.4 is 0 Å². The van der Waals surface area contributed by atoms with Crippen molar-refractivity contribution in [3.8, 4) is 0 Å². The van der Waals surface area contributed by atoms with Crippen LogP contribution in [-0.4, -0.2) is 34.0 Å². The van der Waals surface area contributed by atoms with Crippen LogP contribution in [0.2, 0.25) is 0 Å². The topological polar surface area (TPSA) is 22.1 Å². The molecule has 4 heteroatoms. The van der Waals surface area contributed by atoms with Crippen molar-refractivity contribution in [2.24, 2.45) is 5.10 Å². The van der Waals surface area contributed by atoms with Crippen molar-refractivity contribution in [3.05, 3.63) is 24.0 Å². The number of hydrazine groups is 2. The Balaban J connectivity index is 2.30. The van der Waals surface area contributed by atoms with E-state index in [1.165, 1.54) is 0 Å². The van der Waals surface area contributed by atoms with E-state index in [9.17, 15) is 0 Å². The number of fused-ring (bicyclic) bond motifs is 1. The summed E-state index contributed by atoms with van der Waals surface area (Å²) in [7, 11) is 2.01. The molecule has 0 aromatic heterocycles. The summed E-state index contributed by atoms with van der Waals surface area (Å²) in [6.45, 7) is 6.52. The summed E-state index contributed by atoms with van der Waals surface area (Å²) in [5.41, 5.74) is 1.17. The average Bonchev–Trinajstić information content (AvgIpc) is 2.44. The zero-order valence-corrected chi connectivity index (χ0v) is 9.10. The van der Waals surface area contributed by atoms with E-state index in [0.29, 0.717) is 0 Å². The number of hydrogen-bond acceptors (Lipinski definition) is 4. The van der Waals surface area contributed by atoms with Crippen LogP contribution in [0.3, 0.4) is 0 Å². The molecule has 0 aliphatic carbocycles. The molecular weight excluding hydrogens is 176 g/mol. The standard InChI is InChI=1S/C10H16N4/c1-10(2,3)13-8-9-6-5-7-11-14(9)12(13)4/h5-8H,1-4H3. The summed E-state index contributed by atoms with van der Waals surface area (Å²) >= 11 is 0.